The molecule has 2 aliphatic rings. The number of hydrogen-bond donors (Lipinski definition) is 0. The van der Waals surface area contributed by atoms with Crippen LogP contribution in [0.4, 0.5) is 0 Å². The van der Waals surface area contributed by atoms with E-state index in [0.29, 0.717) is 55.7 Å². The highest BCUT2D eigenvalue weighted by Crippen LogP contribution is 2.28. The minimum absolute atomic E-state index is 0.105. The molecule has 0 aliphatic carbocycles. The van der Waals surface area contributed by atoms with Gasteiger partial charge in [-0.25, -0.2) is 4.68 Å². The maximum absolute atomic E-state index is 13.8. The van der Waals surface area contributed by atoms with Crippen molar-refractivity contribution in [1.82, 2.24) is 19.6 Å². The number of rotatable bonds is 4. The van der Waals surface area contributed by atoms with Crippen molar-refractivity contribution in [2.75, 3.05) is 39.4 Å². The first-order chi connectivity index (χ1) is 16.6. The van der Waals surface area contributed by atoms with E-state index in [2.05, 4.69) is 0 Å². The zero-order valence-corrected chi connectivity index (χ0v) is 19.7. The van der Waals surface area contributed by atoms with Crippen LogP contribution in [0.1, 0.15) is 23.2 Å². The maximum atomic E-state index is 13.8. The summed E-state index contributed by atoms with van der Waals surface area (Å²) in [4.78, 5) is 30.5. The minimum atomic E-state index is -0.182. The highest BCUT2D eigenvalue weighted by molar-refractivity contribution is 6.30. The van der Waals surface area contributed by atoms with Crippen LogP contribution < -0.4 is 0 Å². The van der Waals surface area contributed by atoms with Gasteiger partial charge in [0.15, 0.2) is 0 Å². The lowest BCUT2D eigenvalue weighted by atomic mass is 9.95. The lowest BCUT2D eigenvalue weighted by Crippen LogP contribution is -2.49. The first kappa shape index (κ1) is 22.6. The van der Waals surface area contributed by atoms with Gasteiger partial charge in [-0.3, -0.25) is 9.59 Å². The molecule has 34 heavy (non-hydrogen) atoms. The Kier molecular flexibility index (Phi) is 6.65. The van der Waals surface area contributed by atoms with Crippen LogP contribution in [0.15, 0.2) is 60.8 Å². The fraction of sp³-hybridized carbons (Fsp3) is 0.346. The summed E-state index contributed by atoms with van der Waals surface area (Å²) < 4.78 is 7.11. The summed E-state index contributed by atoms with van der Waals surface area (Å²) in [5.74, 6) is -0.163. The van der Waals surface area contributed by atoms with Gasteiger partial charge < -0.3 is 14.5 Å². The van der Waals surface area contributed by atoms with E-state index in [-0.39, 0.29) is 17.7 Å². The largest absolute Gasteiger partial charge is 0.378 e. The molecule has 0 N–H and O–H groups in total. The van der Waals surface area contributed by atoms with Gasteiger partial charge in [0.05, 0.1) is 30.4 Å². The molecule has 2 aromatic carbocycles. The van der Waals surface area contributed by atoms with E-state index in [4.69, 9.17) is 21.4 Å². The number of likely N-dealkylation sites (tertiary alicyclic amines) is 1. The topological polar surface area (TPSA) is 67.7 Å². The first-order valence-electron chi connectivity index (χ1n) is 11.7. The number of halogens is 1. The predicted molar refractivity (Wildman–Crippen MR) is 130 cm³/mol. The van der Waals surface area contributed by atoms with Crippen LogP contribution in [0.3, 0.4) is 0 Å². The minimum Gasteiger partial charge on any atom is -0.378 e. The summed E-state index contributed by atoms with van der Waals surface area (Å²) in [7, 11) is 0. The second-order valence-corrected chi connectivity index (χ2v) is 9.14. The van der Waals surface area contributed by atoms with E-state index in [1.165, 1.54) is 0 Å². The third kappa shape index (κ3) is 4.72. The Balaban J connectivity index is 1.43. The zero-order valence-electron chi connectivity index (χ0n) is 18.9. The number of ether oxygens (including phenoxy) is 1. The van der Waals surface area contributed by atoms with Crippen LogP contribution in [-0.4, -0.2) is 70.8 Å². The normalized spacial score (nSPS) is 18.7. The Hall–Kier alpha value is -3.16. The summed E-state index contributed by atoms with van der Waals surface area (Å²) in [5, 5.41) is 5.39. The van der Waals surface area contributed by atoms with Crippen molar-refractivity contribution in [2.45, 2.75) is 12.8 Å². The van der Waals surface area contributed by atoms with Gasteiger partial charge in [0, 0.05) is 43.0 Å². The van der Waals surface area contributed by atoms with Gasteiger partial charge in [-0.1, -0.05) is 41.9 Å². The van der Waals surface area contributed by atoms with Gasteiger partial charge in [-0.2, -0.15) is 5.10 Å². The monoisotopic (exact) mass is 478 g/mol. The van der Waals surface area contributed by atoms with Gasteiger partial charge in [-0.05, 0) is 37.1 Å². The molecule has 2 amide bonds. The smallest absolute Gasteiger partial charge is 0.257 e. The molecule has 0 bridgehead atoms. The molecule has 8 heteroatoms. The number of nitrogens with zero attached hydrogens (tertiary/aromatic N) is 4. The van der Waals surface area contributed by atoms with Gasteiger partial charge in [-0.15, -0.1) is 0 Å². The highest BCUT2D eigenvalue weighted by Gasteiger charge is 2.33. The summed E-state index contributed by atoms with van der Waals surface area (Å²) in [6.07, 6.45) is 3.39. The molecule has 0 saturated carbocycles. The maximum Gasteiger partial charge on any atom is 0.257 e. The third-order valence-corrected chi connectivity index (χ3v) is 6.72. The van der Waals surface area contributed by atoms with Crippen LogP contribution >= 0.6 is 11.6 Å². The molecular formula is C26H27ClN4O3. The van der Waals surface area contributed by atoms with Gasteiger partial charge >= 0.3 is 0 Å². The Morgan fingerprint density at radius 2 is 1.68 bits per heavy atom. The standard InChI is InChI=1S/C26H27ClN4O3/c27-21-10-8-19(9-11-21)24-23(18-31(28-24)22-6-2-1-3-7-22)26(33)30-12-4-5-20(17-30)25(32)29-13-15-34-16-14-29/h1-3,6-11,18,20H,4-5,12-17H2. The second kappa shape index (κ2) is 9.99. The molecule has 2 aliphatic heterocycles. The molecule has 7 nitrogen and oxygen atoms in total. The number of aromatic nitrogens is 2. The first-order valence-corrected chi connectivity index (χ1v) is 12.0. The number of para-hydroxylation sites is 1. The van der Waals surface area contributed by atoms with Crippen molar-refractivity contribution < 1.29 is 14.3 Å². The molecule has 3 aromatic rings. The lowest BCUT2D eigenvalue weighted by molar-refractivity contribution is -0.141. The van der Waals surface area contributed by atoms with E-state index >= 15 is 0 Å². The van der Waals surface area contributed by atoms with Crippen LogP contribution in [0.2, 0.25) is 5.02 Å². The number of piperidine rings is 1. The zero-order chi connectivity index (χ0) is 23.5. The van der Waals surface area contributed by atoms with E-state index in [1.807, 2.05) is 47.4 Å². The van der Waals surface area contributed by atoms with E-state index in [1.54, 1.807) is 27.9 Å². The number of benzene rings is 2. The number of carbonyl (C=O) groups is 2. The number of amides is 2. The van der Waals surface area contributed by atoms with E-state index in [0.717, 1.165) is 24.1 Å². The van der Waals surface area contributed by atoms with Crippen LogP contribution in [0.25, 0.3) is 16.9 Å². The molecule has 1 unspecified atom stereocenters. The van der Waals surface area contributed by atoms with Crippen LogP contribution in [-0.2, 0) is 9.53 Å². The summed E-state index contributed by atoms with van der Waals surface area (Å²) >= 11 is 6.09. The average Bonchev–Trinajstić information content (AvgIpc) is 3.35. The third-order valence-electron chi connectivity index (χ3n) is 6.46. The Morgan fingerprint density at radius 1 is 0.941 bits per heavy atom. The highest BCUT2D eigenvalue weighted by atomic mass is 35.5. The molecule has 3 heterocycles. The van der Waals surface area contributed by atoms with E-state index in [9.17, 15) is 9.59 Å². The number of carbonyl (C=O) groups excluding carboxylic acids is 2. The molecular weight excluding hydrogens is 452 g/mol. The van der Waals surface area contributed by atoms with Crippen molar-refractivity contribution in [3.8, 4) is 16.9 Å². The van der Waals surface area contributed by atoms with Gasteiger partial charge in [0.25, 0.3) is 5.91 Å². The molecule has 1 atom stereocenters. The van der Waals surface area contributed by atoms with Crippen molar-refractivity contribution in [3.05, 3.63) is 71.4 Å². The molecule has 2 fully saturated rings. The van der Waals surface area contributed by atoms with Crippen LogP contribution in [0, 0.1) is 5.92 Å². The summed E-state index contributed by atoms with van der Waals surface area (Å²) in [6.45, 7) is 3.43. The Labute approximate surface area is 203 Å². The van der Waals surface area contributed by atoms with Gasteiger partial charge in [0.2, 0.25) is 5.91 Å². The predicted octanol–water partition coefficient (Wildman–Crippen LogP) is 3.90. The van der Waals surface area contributed by atoms with Crippen molar-refractivity contribution in [1.29, 1.82) is 0 Å². The van der Waals surface area contributed by atoms with Crippen molar-refractivity contribution >= 4 is 23.4 Å². The molecule has 2 saturated heterocycles. The molecule has 176 valence electrons. The molecule has 0 spiro atoms. The Bertz CT molecular complexity index is 1160. The van der Waals surface area contributed by atoms with Crippen molar-refractivity contribution in [3.63, 3.8) is 0 Å². The number of morpholine rings is 1. The fourth-order valence-corrected chi connectivity index (χ4v) is 4.77. The van der Waals surface area contributed by atoms with E-state index < -0.39 is 0 Å². The van der Waals surface area contributed by atoms with Gasteiger partial charge in [0.1, 0.15) is 5.69 Å². The number of hydrogen-bond acceptors (Lipinski definition) is 4. The molecule has 1 aromatic heterocycles. The fourth-order valence-electron chi connectivity index (χ4n) is 4.64. The van der Waals surface area contributed by atoms with Crippen LogP contribution in [0.5, 0.6) is 0 Å². The summed E-state index contributed by atoms with van der Waals surface area (Å²) in [5.41, 5.74) is 2.81. The lowest BCUT2D eigenvalue weighted by Gasteiger charge is -2.36. The molecule has 5 rings (SSSR count). The second-order valence-electron chi connectivity index (χ2n) is 8.71. The Morgan fingerprint density at radius 3 is 2.41 bits per heavy atom. The summed E-state index contributed by atoms with van der Waals surface area (Å²) in [6, 6.07) is 17.1. The average molecular weight is 479 g/mol. The SMILES string of the molecule is O=C(c1cn(-c2ccccc2)nc1-c1ccc(Cl)cc1)N1CCCC(C(=O)N2CCOCC2)C1. The van der Waals surface area contributed by atoms with Crippen molar-refractivity contribution in [2.24, 2.45) is 5.92 Å². The quantitative estimate of drug-likeness (QED) is 0.570. The molecule has 0 radical (unpaired) electrons.